The zero-order valence-electron chi connectivity index (χ0n) is 17.6. The molecule has 11 heteroatoms. The molecule has 0 saturated heterocycles. The molecule has 0 aliphatic heterocycles. The number of nitro benzene ring substituents is 1. The summed E-state index contributed by atoms with van der Waals surface area (Å²) in [6.45, 7) is 0. The van der Waals surface area contributed by atoms with Crippen LogP contribution in [-0.2, 0) is 10.0 Å². The van der Waals surface area contributed by atoms with Crippen LogP contribution in [0.2, 0.25) is 15.1 Å². The predicted octanol–water partition coefficient (Wildman–Crippen LogP) is 7.82. The molecular formula is C24H15Cl3N2O5S. The lowest BCUT2D eigenvalue weighted by atomic mass is 10.1. The molecule has 0 bridgehead atoms. The lowest BCUT2D eigenvalue weighted by molar-refractivity contribution is -0.384. The molecule has 0 aliphatic carbocycles. The fraction of sp³-hybridized carbons (Fsp3) is 0. The Balaban J connectivity index is 1.60. The van der Waals surface area contributed by atoms with Crippen molar-refractivity contribution >= 4 is 56.2 Å². The molecule has 4 aromatic carbocycles. The molecule has 0 aromatic heterocycles. The van der Waals surface area contributed by atoms with Crippen molar-refractivity contribution in [2.45, 2.75) is 4.90 Å². The predicted molar refractivity (Wildman–Crippen MR) is 137 cm³/mol. The van der Waals surface area contributed by atoms with Gasteiger partial charge in [0.2, 0.25) is 0 Å². The van der Waals surface area contributed by atoms with Crippen LogP contribution in [-0.4, -0.2) is 13.3 Å². The van der Waals surface area contributed by atoms with E-state index < -0.39 is 14.9 Å². The first-order valence-corrected chi connectivity index (χ1v) is 12.5. The Morgan fingerprint density at radius 3 is 2.06 bits per heavy atom. The number of halogens is 3. The van der Waals surface area contributed by atoms with E-state index in [-0.39, 0.29) is 37.1 Å². The maximum Gasteiger partial charge on any atom is 0.271 e. The molecule has 4 rings (SSSR count). The maximum absolute atomic E-state index is 13.0. The lowest BCUT2D eigenvalue weighted by Gasteiger charge is -2.14. The van der Waals surface area contributed by atoms with Crippen LogP contribution >= 0.6 is 34.8 Å². The minimum Gasteiger partial charge on any atom is -0.453 e. The fourth-order valence-corrected chi connectivity index (χ4v) is 5.20. The number of anilines is 1. The van der Waals surface area contributed by atoms with Gasteiger partial charge in [0, 0.05) is 17.8 Å². The second-order valence-corrected chi connectivity index (χ2v) is 10.1. The third-order valence-corrected chi connectivity index (χ3v) is 7.06. The highest BCUT2D eigenvalue weighted by Gasteiger charge is 2.21. The summed E-state index contributed by atoms with van der Waals surface area (Å²) in [7, 11) is -4.05. The molecule has 0 fully saturated rings. The Labute approximate surface area is 216 Å². The molecular weight excluding hydrogens is 535 g/mol. The fourth-order valence-electron chi connectivity index (χ4n) is 3.19. The number of nitrogens with one attached hydrogen (secondary N) is 1. The molecule has 0 spiro atoms. The number of nitrogens with zero attached hydrogens (tertiary/aromatic N) is 1. The highest BCUT2D eigenvalue weighted by Crippen LogP contribution is 2.41. The third kappa shape index (κ3) is 5.68. The van der Waals surface area contributed by atoms with E-state index in [1.807, 2.05) is 36.4 Å². The van der Waals surface area contributed by atoms with Crippen molar-refractivity contribution in [3.63, 3.8) is 0 Å². The average molecular weight is 550 g/mol. The molecule has 0 unspecified atom stereocenters. The monoisotopic (exact) mass is 548 g/mol. The van der Waals surface area contributed by atoms with Gasteiger partial charge >= 0.3 is 0 Å². The summed E-state index contributed by atoms with van der Waals surface area (Å²) < 4.78 is 34.2. The first kappa shape index (κ1) is 24.8. The first-order valence-electron chi connectivity index (χ1n) is 9.93. The molecule has 0 atom stereocenters. The van der Waals surface area contributed by atoms with E-state index in [0.717, 1.165) is 17.2 Å². The van der Waals surface area contributed by atoms with Crippen molar-refractivity contribution in [2.24, 2.45) is 0 Å². The van der Waals surface area contributed by atoms with Gasteiger partial charge in [-0.15, -0.1) is 0 Å². The van der Waals surface area contributed by atoms with Crippen molar-refractivity contribution in [1.29, 1.82) is 0 Å². The highest BCUT2D eigenvalue weighted by atomic mass is 35.5. The van der Waals surface area contributed by atoms with E-state index in [9.17, 15) is 18.5 Å². The summed E-state index contributed by atoms with van der Waals surface area (Å²) in [4.78, 5) is 10.1. The maximum atomic E-state index is 13.0. The number of rotatable bonds is 7. The number of nitro groups is 1. The molecule has 0 amide bonds. The largest absolute Gasteiger partial charge is 0.453 e. The smallest absolute Gasteiger partial charge is 0.271 e. The minimum atomic E-state index is -4.05. The molecule has 35 heavy (non-hydrogen) atoms. The van der Waals surface area contributed by atoms with Crippen molar-refractivity contribution in [2.75, 3.05) is 4.72 Å². The van der Waals surface area contributed by atoms with E-state index in [0.29, 0.717) is 5.69 Å². The average Bonchev–Trinajstić information content (AvgIpc) is 2.82. The lowest BCUT2D eigenvalue weighted by Crippen LogP contribution is -2.13. The third-order valence-electron chi connectivity index (χ3n) is 4.84. The second-order valence-electron chi connectivity index (χ2n) is 7.24. The van der Waals surface area contributed by atoms with Crippen LogP contribution < -0.4 is 9.46 Å². The molecule has 0 aliphatic rings. The first-order chi connectivity index (χ1) is 16.6. The SMILES string of the molecule is O=[N+]([O-])c1ccc(Oc2c(Cl)cc(S(=O)(=O)Nc3cccc(-c4ccccc4)c3)cc2Cl)c(Cl)c1. The van der Waals surface area contributed by atoms with E-state index in [4.69, 9.17) is 39.5 Å². The molecule has 0 radical (unpaired) electrons. The molecule has 4 aromatic rings. The van der Waals surface area contributed by atoms with Crippen molar-refractivity contribution in [1.82, 2.24) is 0 Å². The number of hydrogen-bond acceptors (Lipinski definition) is 5. The summed E-state index contributed by atoms with van der Waals surface area (Å²) in [5, 5.41) is 10.7. The van der Waals surface area contributed by atoms with Crippen LogP contribution in [0.1, 0.15) is 0 Å². The van der Waals surface area contributed by atoms with Gasteiger partial charge in [-0.25, -0.2) is 8.42 Å². The van der Waals surface area contributed by atoms with Crippen molar-refractivity contribution in [3.8, 4) is 22.6 Å². The number of benzene rings is 4. The van der Waals surface area contributed by atoms with Crippen LogP contribution in [0.25, 0.3) is 11.1 Å². The van der Waals surface area contributed by atoms with E-state index in [2.05, 4.69) is 4.72 Å². The van der Waals surface area contributed by atoms with E-state index in [1.165, 1.54) is 24.3 Å². The number of hydrogen-bond donors (Lipinski definition) is 1. The summed E-state index contributed by atoms with van der Waals surface area (Å²) in [6.07, 6.45) is 0. The van der Waals surface area contributed by atoms with Gasteiger partial charge in [-0.3, -0.25) is 14.8 Å². The van der Waals surface area contributed by atoms with Gasteiger partial charge in [-0.05, 0) is 41.5 Å². The standard InChI is InChI=1S/C24H15Cl3N2O5S/c25-20-12-18(29(30)31)9-10-23(20)34-24-21(26)13-19(14-22(24)27)35(32,33)28-17-8-4-7-16(11-17)15-5-2-1-3-6-15/h1-14,28H. The van der Waals surface area contributed by atoms with Crippen LogP contribution in [0.3, 0.4) is 0 Å². The van der Waals surface area contributed by atoms with Gasteiger partial charge < -0.3 is 4.74 Å². The van der Waals surface area contributed by atoms with E-state index in [1.54, 1.807) is 18.2 Å². The molecule has 7 nitrogen and oxygen atoms in total. The van der Waals surface area contributed by atoms with Crippen molar-refractivity contribution in [3.05, 3.63) is 110 Å². The van der Waals surface area contributed by atoms with Gasteiger partial charge in [0.1, 0.15) is 5.75 Å². The Hall–Kier alpha value is -3.30. The molecule has 178 valence electrons. The van der Waals surface area contributed by atoms with Crippen LogP contribution in [0.4, 0.5) is 11.4 Å². The number of ether oxygens (including phenoxy) is 1. The normalized spacial score (nSPS) is 11.2. The summed E-state index contributed by atoms with van der Waals surface area (Å²) >= 11 is 18.6. The van der Waals surface area contributed by atoms with Gasteiger partial charge in [-0.2, -0.15) is 0 Å². The Morgan fingerprint density at radius 2 is 1.43 bits per heavy atom. The van der Waals surface area contributed by atoms with Crippen LogP contribution in [0.15, 0.2) is 89.8 Å². The Kier molecular flexibility index (Phi) is 7.18. The summed E-state index contributed by atoms with van der Waals surface area (Å²) in [5.74, 6) is 0.0154. The van der Waals surface area contributed by atoms with Gasteiger partial charge in [-0.1, -0.05) is 77.3 Å². The van der Waals surface area contributed by atoms with Crippen molar-refractivity contribution < 1.29 is 18.1 Å². The van der Waals surface area contributed by atoms with Gasteiger partial charge in [0.15, 0.2) is 5.75 Å². The van der Waals surface area contributed by atoms with Crippen LogP contribution in [0.5, 0.6) is 11.5 Å². The number of sulfonamides is 1. The zero-order chi connectivity index (χ0) is 25.2. The zero-order valence-corrected chi connectivity index (χ0v) is 20.7. The van der Waals surface area contributed by atoms with E-state index >= 15 is 0 Å². The molecule has 0 saturated carbocycles. The molecule has 0 heterocycles. The quantitative estimate of drug-likeness (QED) is 0.187. The highest BCUT2D eigenvalue weighted by molar-refractivity contribution is 7.92. The van der Waals surface area contributed by atoms with Gasteiger partial charge in [0.25, 0.3) is 15.7 Å². The Morgan fingerprint density at radius 1 is 0.771 bits per heavy atom. The minimum absolute atomic E-state index is 0.0389. The summed E-state index contributed by atoms with van der Waals surface area (Å²) in [5.41, 5.74) is 1.91. The molecule has 1 N–H and O–H groups in total. The Bertz CT molecular complexity index is 1510. The topological polar surface area (TPSA) is 98.5 Å². The van der Waals surface area contributed by atoms with Gasteiger partial charge in [0.05, 0.1) is 24.9 Å². The second kappa shape index (κ2) is 10.1. The summed E-state index contributed by atoms with van der Waals surface area (Å²) in [6, 6.07) is 22.5. The van der Waals surface area contributed by atoms with Crippen LogP contribution in [0, 0.1) is 10.1 Å². The number of non-ortho nitro benzene ring substituents is 1.